The number of carboxylic acids is 1. The second-order valence-corrected chi connectivity index (χ2v) is 1.49. The molecule has 0 saturated carbocycles. The minimum absolute atomic E-state index is 0.231. The fourth-order valence-corrected chi connectivity index (χ4v) is 0. The minimum Gasteiger partial charge on any atom is -0.481 e. The third kappa shape index (κ3) is 9.50. The SMILES string of the molecule is CC(C)C(=O)O.CI. The lowest BCUT2D eigenvalue weighted by Crippen LogP contribution is -2.03. The molecule has 8 heavy (non-hydrogen) atoms. The van der Waals surface area contributed by atoms with E-state index in [2.05, 4.69) is 22.6 Å². The predicted octanol–water partition coefficient (Wildman–Crippen LogP) is 1.78. The Morgan fingerprint density at radius 1 is 1.50 bits per heavy atom. The van der Waals surface area contributed by atoms with Gasteiger partial charge in [-0.1, -0.05) is 36.4 Å². The van der Waals surface area contributed by atoms with Crippen LogP contribution in [0.3, 0.4) is 0 Å². The maximum absolute atomic E-state index is 9.70. The van der Waals surface area contributed by atoms with Crippen LogP contribution >= 0.6 is 22.6 Å². The summed E-state index contributed by atoms with van der Waals surface area (Å²) in [7, 11) is 0. The largest absolute Gasteiger partial charge is 0.481 e. The zero-order valence-corrected chi connectivity index (χ0v) is 7.47. The Morgan fingerprint density at radius 3 is 1.62 bits per heavy atom. The third-order valence-corrected chi connectivity index (χ3v) is 0.494. The fourth-order valence-electron chi connectivity index (χ4n) is 0. The first-order valence-electron chi connectivity index (χ1n) is 2.25. The molecule has 0 aromatic heterocycles. The van der Waals surface area contributed by atoms with E-state index in [1.807, 2.05) is 4.93 Å². The van der Waals surface area contributed by atoms with Gasteiger partial charge in [-0.15, -0.1) is 0 Å². The van der Waals surface area contributed by atoms with Crippen LogP contribution < -0.4 is 0 Å². The normalized spacial score (nSPS) is 7.62. The van der Waals surface area contributed by atoms with E-state index >= 15 is 0 Å². The Balaban J connectivity index is 0. The van der Waals surface area contributed by atoms with Gasteiger partial charge < -0.3 is 5.11 Å². The number of hydrogen-bond donors (Lipinski definition) is 1. The van der Waals surface area contributed by atoms with Crippen molar-refractivity contribution in [3.8, 4) is 0 Å². The van der Waals surface area contributed by atoms with Crippen molar-refractivity contribution in [2.75, 3.05) is 4.93 Å². The van der Waals surface area contributed by atoms with Gasteiger partial charge in [0, 0.05) is 0 Å². The first kappa shape index (κ1) is 11.1. The highest BCUT2D eigenvalue weighted by molar-refractivity contribution is 14.1. The number of halogens is 1. The second-order valence-electron chi connectivity index (χ2n) is 1.49. The molecule has 0 atom stereocenters. The molecule has 0 aromatic rings. The van der Waals surface area contributed by atoms with E-state index in [0.717, 1.165) is 0 Å². The number of aliphatic carboxylic acids is 1. The van der Waals surface area contributed by atoms with Gasteiger partial charge in [0.15, 0.2) is 0 Å². The highest BCUT2D eigenvalue weighted by Gasteiger charge is 1.99. The first-order chi connectivity index (χ1) is 3.64. The van der Waals surface area contributed by atoms with E-state index < -0.39 is 5.97 Å². The molecule has 0 aliphatic heterocycles. The van der Waals surface area contributed by atoms with Crippen LogP contribution in [0.15, 0.2) is 0 Å². The third-order valence-electron chi connectivity index (χ3n) is 0.494. The maximum Gasteiger partial charge on any atom is 0.305 e. The van der Waals surface area contributed by atoms with Crippen molar-refractivity contribution in [1.82, 2.24) is 0 Å². The van der Waals surface area contributed by atoms with Crippen molar-refractivity contribution in [1.29, 1.82) is 0 Å². The van der Waals surface area contributed by atoms with Crippen molar-refractivity contribution >= 4 is 28.6 Å². The zero-order chi connectivity index (χ0) is 7.15. The number of hydrogen-bond acceptors (Lipinski definition) is 1. The summed E-state index contributed by atoms with van der Waals surface area (Å²) in [6.07, 6.45) is 0. The fraction of sp³-hybridized carbons (Fsp3) is 0.800. The average Bonchev–Trinajstić information content (AvgIpc) is 1.72. The van der Waals surface area contributed by atoms with Crippen molar-refractivity contribution in [2.45, 2.75) is 13.8 Å². The Bertz CT molecular complexity index is 61.4. The molecule has 0 aliphatic rings. The number of carbonyl (C=O) groups is 1. The van der Waals surface area contributed by atoms with Gasteiger partial charge >= 0.3 is 5.97 Å². The molecule has 0 aromatic carbocycles. The van der Waals surface area contributed by atoms with Crippen molar-refractivity contribution in [2.24, 2.45) is 5.92 Å². The van der Waals surface area contributed by atoms with Crippen molar-refractivity contribution < 1.29 is 9.90 Å². The minimum atomic E-state index is -0.741. The Hall–Kier alpha value is 0.200. The molecule has 0 fully saturated rings. The van der Waals surface area contributed by atoms with Gasteiger partial charge in [0.05, 0.1) is 5.92 Å². The second kappa shape index (κ2) is 7.20. The highest BCUT2D eigenvalue weighted by atomic mass is 127. The molecule has 0 saturated heterocycles. The lowest BCUT2D eigenvalue weighted by molar-refractivity contribution is -0.140. The molecule has 3 heteroatoms. The Labute approximate surface area is 63.4 Å². The molecule has 0 radical (unpaired) electrons. The first-order valence-corrected chi connectivity index (χ1v) is 4.41. The smallest absolute Gasteiger partial charge is 0.305 e. The summed E-state index contributed by atoms with van der Waals surface area (Å²) in [5, 5.41) is 7.99. The zero-order valence-electron chi connectivity index (χ0n) is 5.31. The van der Waals surface area contributed by atoms with Gasteiger partial charge in [0.25, 0.3) is 0 Å². The highest BCUT2D eigenvalue weighted by Crippen LogP contribution is 1.87. The van der Waals surface area contributed by atoms with E-state index in [-0.39, 0.29) is 5.92 Å². The van der Waals surface area contributed by atoms with Gasteiger partial charge in [-0.25, -0.2) is 0 Å². The lowest BCUT2D eigenvalue weighted by atomic mass is 10.2. The standard InChI is InChI=1S/C4H8O2.CH3I/c1-3(2)4(5)6;1-2/h3H,1-2H3,(H,5,6);1H3. The van der Waals surface area contributed by atoms with Gasteiger partial charge in [-0.3, -0.25) is 4.79 Å². The van der Waals surface area contributed by atoms with Crippen LogP contribution in [0.4, 0.5) is 0 Å². The van der Waals surface area contributed by atoms with Crippen LogP contribution in [0.5, 0.6) is 0 Å². The molecule has 0 heterocycles. The molecular formula is C5H11IO2. The summed E-state index contributed by atoms with van der Waals surface area (Å²) in [4.78, 5) is 11.7. The van der Waals surface area contributed by atoms with E-state index in [0.29, 0.717) is 0 Å². The summed E-state index contributed by atoms with van der Waals surface area (Å²) in [5.74, 6) is -0.972. The summed E-state index contributed by atoms with van der Waals surface area (Å²) < 4.78 is 0. The van der Waals surface area contributed by atoms with Gasteiger partial charge in [-0.2, -0.15) is 0 Å². The maximum atomic E-state index is 9.70. The average molecular weight is 230 g/mol. The molecular weight excluding hydrogens is 219 g/mol. The predicted molar refractivity (Wildman–Crippen MR) is 42.4 cm³/mol. The Kier molecular flexibility index (Phi) is 9.95. The molecule has 2 nitrogen and oxygen atoms in total. The molecule has 0 amide bonds. The number of carboxylic acid groups (broad SMARTS) is 1. The van der Waals surface area contributed by atoms with Crippen LogP contribution in [-0.2, 0) is 4.79 Å². The molecule has 1 N–H and O–H groups in total. The number of rotatable bonds is 1. The van der Waals surface area contributed by atoms with Crippen LogP contribution in [0.25, 0.3) is 0 Å². The molecule has 0 unspecified atom stereocenters. The quantitative estimate of drug-likeness (QED) is 0.550. The van der Waals surface area contributed by atoms with Crippen molar-refractivity contribution in [3.05, 3.63) is 0 Å². The van der Waals surface area contributed by atoms with Crippen molar-refractivity contribution in [3.63, 3.8) is 0 Å². The number of alkyl halides is 1. The molecule has 0 spiro atoms. The Morgan fingerprint density at radius 2 is 1.62 bits per heavy atom. The summed E-state index contributed by atoms with van der Waals surface area (Å²) in [5.41, 5.74) is 0. The van der Waals surface area contributed by atoms with E-state index in [1.165, 1.54) is 0 Å². The van der Waals surface area contributed by atoms with E-state index in [9.17, 15) is 4.79 Å². The van der Waals surface area contributed by atoms with E-state index in [4.69, 9.17) is 5.11 Å². The van der Waals surface area contributed by atoms with Gasteiger partial charge in [-0.05, 0) is 4.93 Å². The van der Waals surface area contributed by atoms with Crippen LogP contribution in [0.1, 0.15) is 13.8 Å². The topological polar surface area (TPSA) is 37.3 Å². The van der Waals surface area contributed by atoms with Gasteiger partial charge in [0.2, 0.25) is 0 Å². The molecule has 0 aliphatic carbocycles. The van der Waals surface area contributed by atoms with Gasteiger partial charge in [0.1, 0.15) is 0 Å². The molecule has 50 valence electrons. The van der Waals surface area contributed by atoms with E-state index in [1.54, 1.807) is 13.8 Å². The summed E-state index contributed by atoms with van der Waals surface area (Å²) in [6, 6.07) is 0. The molecule has 0 rings (SSSR count). The van der Waals surface area contributed by atoms with Crippen LogP contribution in [-0.4, -0.2) is 16.0 Å². The summed E-state index contributed by atoms with van der Waals surface area (Å²) >= 11 is 2.15. The van der Waals surface area contributed by atoms with Crippen LogP contribution in [0, 0.1) is 5.92 Å². The monoisotopic (exact) mass is 230 g/mol. The molecule has 0 bridgehead atoms. The summed E-state index contributed by atoms with van der Waals surface area (Å²) in [6.45, 7) is 3.28. The van der Waals surface area contributed by atoms with Crippen LogP contribution in [0.2, 0.25) is 0 Å². The lowest BCUT2D eigenvalue weighted by Gasteiger charge is -1.89.